The summed E-state index contributed by atoms with van der Waals surface area (Å²) >= 11 is 0. The van der Waals surface area contributed by atoms with Gasteiger partial charge in [0, 0.05) is 32.7 Å². The Morgan fingerprint density at radius 1 is 1.16 bits per heavy atom. The molecule has 25 heavy (non-hydrogen) atoms. The summed E-state index contributed by atoms with van der Waals surface area (Å²) in [7, 11) is -1.81. The van der Waals surface area contributed by atoms with Gasteiger partial charge in [-0.25, -0.2) is 8.42 Å². The zero-order valence-corrected chi connectivity index (χ0v) is 15.9. The van der Waals surface area contributed by atoms with E-state index >= 15 is 0 Å². The Balaban J connectivity index is 1.63. The van der Waals surface area contributed by atoms with Gasteiger partial charge in [0.25, 0.3) is 0 Å². The molecule has 1 aromatic heterocycles. The van der Waals surface area contributed by atoms with Gasteiger partial charge >= 0.3 is 0 Å². The van der Waals surface area contributed by atoms with E-state index in [1.165, 1.54) is 9.87 Å². The average molecular weight is 362 g/mol. The van der Waals surface area contributed by atoms with Crippen LogP contribution in [0.2, 0.25) is 0 Å². The van der Waals surface area contributed by atoms with Gasteiger partial charge in [0.15, 0.2) is 0 Å². The molecule has 5 nitrogen and oxygen atoms in total. The summed E-state index contributed by atoms with van der Waals surface area (Å²) in [4.78, 5) is 2.68. The maximum Gasteiger partial charge on any atom is 0.246 e. The Morgan fingerprint density at radius 3 is 2.36 bits per heavy atom. The van der Waals surface area contributed by atoms with Crippen molar-refractivity contribution in [2.45, 2.75) is 44.2 Å². The molecule has 0 atom stereocenters. The predicted molar refractivity (Wildman–Crippen MR) is 97.9 cm³/mol. The van der Waals surface area contributed by atoms with Crippen LogP contribution in [0.5, 0.6) is 0 Å². The third-order valence-electron chi connectivity index (χ3n) is 4.97. The van der Waals surface area contributed by atoms with Crippen LogP contribution in [0.4, 0.5) is 0 Å². The molecule has 0 spiro atoms. The lowest BCUT2D eigenvalue weighted by atomic mass is 10.0. The molecule has 0 radical (unpaired) electrons. The van der Waals surface area contributed by atoms with Crippen LogP contribution in [0.15, 0.2) is 45.7 Å². The van der Waals surface area contributed by atoms with Crippen molar-refractivity contribution in [2.24, 2.45) is 0 Å². The standard InChI is InChI=1S/C19H26N2O3S/c1-15-13-19(16(2)24-15)25(22,23)20(3)18-9-11-21(12-10-18)14-17-7-5-4-6-8-17/h4-8,13,18H,9-12,14H2,1-3H3. The molecule has 1 fully saturated rings. The Bertz CT molecular complexity index is 806. The second-order valence-corrected chi connectivity index (χ2v) is 8.76. The van der Waals surface area contributed by atoms with E-state index in [1.807, 2.05) is 6.07 Å². The highest BCUT2D eigenvalue weighted by Gasteiger charge is 2.33. The summed E-state index contributed by atoms with van der Waals surface area (Å²) in [5.74, 6) is 1.09. The highest BCUT2D eigenvalue weighted by atomic mass is 32.2. The number of piperidine rings is 1. The van der Waals surface area contributed by atoms with E-state index in [-0.39, 0.29) is 6.04 Å². The van der Waals surface area contributed by atoms with Crippen LogP contribution in [0.1, 0.15) is 29.9 Å². The highest BCUT2D eigenvalue weighted by molar-refractivity contribution is 7.89. The maximum atomic E-state index is 12.9. The molecular weight excluding hydrogens is 336 g/mol. The third-order valence-corrected chi connectivity index (χ3v) is 6.99. The monoisotopic (exact) mass is 362 g/mol. The van der Waals surface area contributed by atoms with Gasteiger partial charge < -0.3 is 4.42 Å². The first-order valence-corrected chi connectivity index (χ1v) is 10.1. The van der Waals surface area contributed by atoms with E-state index < -0.39 is 10.0 Å². The predicted octanol–water partition coefficient (Wildman–Crippen LogP) is 3.18. The minimum Gasteiger partial charge on any atom is -0.465 e. The summed E-state index contributed by atoms with van der Waals surface area (Å²) < 4.78 is 32.7. The van der Waals surface area contributed by atoms with Gasteiger partial charge in [0.05, 0.1) is 0 Å². The summed E-state index contributed by atoms with van der Waals surface area (Å²) in [5.41, 5.74) is 1.30. The van der Waals surface area contributed by atoms with Crippen molar-refractivity contribution in [3.63, 3.8) is 0 Å². The first kappa shape index (κ1) is 18.2. The molecule has 0 aliphatic carbocycles. The zero-order valence-electron chi connectivity index (χ0n) is 15.1. The average Bonchev–Trinajstić information content (AvgIpc) is 2.95. The van der Waals surface area contributed by atoms with E-state index in [1.54, 1.807) is 27.0 Å². The number of likely N-dealkylation sites (tertiary alicyclic amines) is 1. The van der Waals surface area contributed by atoms with Crippen molar-refractivity contribution in [1.29, 1.82) is 0 Å². The Morgan fingerprint density at radius 2 is 1.80 bits per heavy atom. The molecule has 0 amide bonds. The summed E-state index contributed by atoms with van der Waals surface area (Å²) in [6.45, 7) is 6.21. The van der Waals surface area contributed by atoms with E-state index in [4.69, 9.17) is 4.42 Å². The van der Waals surface area contributed by atoms with Gasteiger partial charge in [0.2, 0.25) is 10.0 Å². The Kier molecular flexibility index (Phi) is 5.32. The molecule has 1 saturated heterocycles. The SMILES string of the molecule is Cc1cc(S(=O)(=O)N(C)C2CCN(Cc3ccccc3)CC2)c(C)o1. The second kappa shape index (κ2) is 7.32. The van der Waals surface area contributed by atoms with Crippen LogP contribution in [-0.4, -0.2) is 43.8 Å². The van der Waals surface area contributed by atoms with Crippen LogP contribution in [-0.2, 0) is 16.6 Å². The van der Waals surface area contributed by atoms with Crippen molar-refractivity contribution in [3.8, 4) is 0 Å². The van der Waals surface area contributed by atoms with Crippen LogP contribution in [0.25, 0.3) is 0 Å². The van der Waals surface area contributed by atoms with Gasteiger partial charge in [-0.3, -0.25) is 4.90 Å². The number of benzene rings is 1. The summed E-state index contributed by atoms with van der Waals surface area (Å²) in [6.07, 6.45) is 1.69. The molecule has 136 valence electrons. The van der Waals surface area contributed by atoms with Crippen molar-refractivity contribution in [1.82, 2.24) is 9.21 Å². The minimum atomic E-state index is -3.50. The fourth-order valence-electron chi connectivity index (χ4n) is 3.50. The molecule has 1 aromatic carbocycles. The highest BCUT2D eigenvalue weighted by Crippen LogP contribution is 2.27. The molecule has 0 unspecified atom stereocenters. The molecule has 6 heteroatoms. The number of hydrogen-bond acceptors (Lipinski definition) is 4. The van der Waals surface area contributed by atoms with Crippen molar-refractivity contribution >= 4 is 10.0 Å². The largest absolute Gasteiger partial charge is 0.465 e. The van der Waals surface area contributed by atoms with Crippen LogP contribution in [0, 0.1) is 13.8 Å². The van der Waals surface area contributed by atoms with Gasteiger partial charge in [0.1, 0.15) is 16.4 Å². The third kappa shape index (κ3) is 3.97. The molecule has 0 saturated carbocycles. The van der Waals surface area contributed by atoms with Crippen molar-refractivity contribution in [2.75, 3.05) is 20.1 Å². The summed E-state index contributed by atoms with van der Waals surface area (Å²) in [6, 6.07) is 12.0. The number of hydrogen-bond donors (Lipinski definition) is 0. The van der Waals surface area contributed by atoms with Gasteiger partial charge in [-0.05, 0) is 38.3 Å². The number of aryl methyl sites for hydroxylation is 2. The fourth-order valence-corrected chi connectivity index (χ4v) is 5.13. The molecule has 0 N–H and O–H groups in total. The smallest absolute Gasteiger partial charge is 0.246 e. The van der Waals surface area contributed by atoms with E-state index in [0.717, 1.165) is 32.5 Å². The second-order valence-electron chi connectivity index (χ2n) is 6.79. The van der Waals surface area contributed by atoms with Gasteiger partial charge in [-0.15, -0.1) is 0 Å². The van der Waals surface area contributed by atoms with Crippen molar-refractivity contribution in [3.05, 3.63) is 53.5 Å². The molecule has 2 heterocycles. The van der Waals surface area contributed by atoms with Crippen molar-refractivity contribution < 1.29 is 12.8 Å². The number of rotatable bonds is 5. The number of sulfonamides is 1. The lowest BCUT2D eigenvalue weighted by Gasteiger charge is -2.36. The number of nitrogens with zero attached hydrogens (tertiary/aromatic N) is 2. The minimum absolute atomic E-state index is 0.0339. The quantitative estimate of drug-likeness (QED) is 0.820. The van der Waals surface area contributed by atoms with E-state index in [9.17, 15) is 8.42 Å². The van der Waals surface area contributed by atoms with Crippen LogP contribution < -0.4 is 0 Å². The molecule has 0 bridgehead atoms. The lowest BCUT2D eigenvalue weighted by Crippen LogP contribution is -2.45. The topological polar surface area (TPSA) is 53.8 Å². The molecule has 1 aliphatic heterocycles. The molecule has 1 aliphatic rings. The Hall–Kier alpha value is -1.63. The van der Waals surface area contributed by atoms with Crippen LogP contribution >= 0.6 is 0 Å². The van der Waals surface area contributed by atoms with Gasteiger partial charge in [-0.2, -0.15) is 4.31 Å². The van der Waals surface area contributed by atoms with Gasteiger partial charge in [-0.1, -0.05) is 30.3 Å². The first-order chi connectivity index (χ1) is 11.9. The first-order valence-electron chi connectivity index (χ1n) is 8.69. The zero-order chi connectivity index (χ0) is 18.0. The fraction of sp³-hybridized carbons (Fsp3) is 0.474. The normalized spacial score (nSPS) is 17.3. The molecule has 3 rings (SSSR count). The van der Waals surface area contributed by atoms with E-state index in [0.29, 0.717) is 16.4 Å². The lowest BCUT2D eigenvalue weighted by molar-refractivity contribution is 0.164. The van der Waals surface area contributed by atoms with Crippen LogP contribution in [0.3, 0.4) is 0 Å². The van der Waals surface area contributed by atoms with E-state index in [2.05, 4.69) is 29.2 Å². The maximum absolute atomic E-state index is 12.9. The molecule has 2 aromatic rings. The molecular formula is C19H26N2O3S. The number of furan rings is 1. The summed E-state index contributed by atoms with van der Waals surface area (Å²) in [5, 5.41) is 0. The Labute approximate surface area is 150 Å².